The van der Waals surface area contributed by atoms with Crippen LogP contribution in [-0.4, -0.2) is 73.8 Å². The van der Waals surface area contributed by atoms with E-state index in [2.05, 4.69) is 4.90 Å². The lowest BCUT2D eigenvalue weighted by Crippen LogP contribution is -2.44. The van der Waals surface area contributed by atoms with Gasteiger partial charge >= 0.3 is 5.97 Å². The molecule has 0 N–H and O–H groups in total. The number of halogens is 2. The molecule has 1 aromatic carbocycles. The summed E-state index contributed by atoms with van der Waals surface area (Å²) in [6.07, 6.45) is 1.49. The van der Waals surface area contributed by atoms with Gasteiger partial charge in [0.2, 0.25) is 5.43 Å². The van der Waals surface area contributed by atoms with E-state index in [4.69, 9.17) is 16.3 Å². The van der Waals surface area contributed by atoms with Crippen LogP contribution in [0.25, 0.3) is 10.9 Å². The van der Waals surface area contributed by atoms with E-state index in [1.807, 2.05) is 17.0 Å². The average Bonchev–Trinajstić information content (AvgIpc) is 3.49. The number of hydrogen-bond acceptors (Lipinski definition) is 6. The van der Waals surface area contributed by atoms with Crippen molar-refractivity contribution < 1.29 is 13.9 Å². The second kappa shape index (κ2) is 7.84. The number of carbonyl (C=O) groups is 1. The zero-order valence-electron chi connectivity index (χ0n) is 16.5. The number of pyridine rings is 1. The minimum absolute atomic E-state index is 0.105. The zero-order chi connectivity index (χ0) is 20.7. The number of nitrogens with zero attached hydrogens (tertiary/aromatic N) is 4. The lowest BCUT2D eigenvalue weighted by atomic mass is 10.1. The Morgan fingerprint density at radius 1 is 1.28 bits per heavy atom. The predicted octanol–water partition coefficient (Wildman–Crippen LogP) is 1.63. The summed E-state index contributed by atoms with van der Waals surface area (Å²) in [5.41, 5.74) is 0.395. The first-order valence-electron chi connectivity index (χ1n) is 9.77. The summed E-state index contributed by atoms with van der Waals surface area (Å²) in [6.45, 7) is 5.62. The van der Waals surface area contributed by atoms with E-state index in [1.54, 1.807) is 17.7 Å². The zero-order valence-corrected chi connectivity index (χ0v) is 17.3. The Kier molecular flexibility index (Phi) is 5.40. The number of piperazine rings is 1. The number of fused-ring (bicyclic) bond motifs is 1. The molecule has 2 aliphatic rings. The molecule has 0 saturated carbocycles. The van der Waals surface area contributed by atoms with Gasteiger partial charge in [-0.2, -0.15) is 0 Å². The molecule has 2 saturated heterocycles. The summed E-state index contributed by atoms with van der Waals surface area (Å²) in [4.78, 5) is 29.4. The third-order valence-corrected chi connectivity index (χ3v) is 5.89. The predicted molar refractivity (Wildman–Crippen MR) is 111 cm³/mol. The van der Waals surface area contributed by atoms with Crippen LogP contribution in [0, 0.1) is 5.82 Å². The monoisotopic (exact) mass is 422 g/mol. The second-order valence-corrected chi connectivity index (χ2v) is 7.79. The minimum atomic E-state index is -0.707. The Hall–Kier alpha value is -2.32. The molecular formula is C20H24ClFN4O3. The van der Waals surface area contributed by atoms with Crippen molar-refractivity contribution >= 4 is 34.2 Å². The highest BCUT2D eigenvalue weighted by molar-refractivity contribution is 6.18. The van der Waals surface area contributed by atoms with Gasteiger partial charge in [0.15, 0.2) is 0 Å². The number of rotatable bonds is 5. The van der Waals surface area contributed by atoms with Crippen LogP contribution in [0.5, 0.6) is 0 Å². The summed E-state index contributed by atoms with van der Waals surface area (Å²) in [7, 11) is 2.04. The molecule has 29 heavy (non-hydrogen) atoms. The molecule has 156 valence electrons. The van der Waals surface area contributed by atoms with Crippen LogP contribution < -0.4 is 15.3 Å². The number of aromatic nitrogens is 1. The summed E-state index contributed by atoms with van der Waals surface area (Å²) in [6, 6.07) is 3.05. The van der Waals surface area contributed by atoms with E-state index in [9.17, 15) is 14.0 Å². The lowest BCUT2D eigenvalue weighted by Gasteiger charge is -2.34. The molecule has 2 aromatic rings. The molecule has 0 bridgehead atoms. The average molecular weight is 423 g/mol. The van der Waals surface area contributed by atoms with Gasteiger partial charge in [-0.1, -0.05) is 0 Å². The summed E-state index contributed by atoms with van der Waals surface area (Å²) < 4.78 is 21.8. The van der Waals surface area contributed by atoms with Gasteiger partial charge in [-0.15, -0.1) is 11.6 Å². The van der Waals surface area contributed by atoms with E-state index in [1.165, 1.54) is 12.3 Å². The molecular weight excluding hydrogens is 399 g/mol. The van der Waals surface area contributed by atoms with Crippen molar-refractivity contribution in [1.29, 1.82) is 0 Å². The van der Waals surface area contributed by atoms with Gasteiger partial charge < -0.3 is 19.5 Å². The molecule has 2 fully saturated rings. The summed E-state index contributed by atoms with van der Waals surface area (Å²) in [5.74, 6) is -0.748. The molecule has 0 radical (unpaired) electrons. The maximum absolute atomic E-state index is 15.0. The fraction of sp³-hybridized carbons (Fsp3) is 0.500. The molecule has 3 heterocycles. The third-order valence-electron chi connectivity index (χ3n) is 5.53. The number of likely N-dealkylation sites (N-methyl/N-ethyl adjacent to an activating group) is 1. The van der Waals surface area contributed by atoms with Crippen molar-refractivity contribution in [2.45, 2.75) is 13.0 Å². The van der Waals surface area contributed by atoms with Crippen LogP contribution in [0.3, 0.4) is 0 Å². The van der Waals surface area contributed by atoms with E-state index in [-0.39, 0.29) is 23.6 Å². The first kappa shape index (κ1) is 20.0. The third kappa shape index (κ3) is 3.67. The number of anilines is 1. The van der Waals surface area contributed by atoms with Crippen LogP contribution in [-0.2, 0) is 4.74 Å². The van der Waals surface area contributed by atoms with Crippen molar-refractivity contribution in [2.24, 2.45) is 0 Å². The van der Waals surface area contributed by atoms with Crippen molar-refractivity contribution in [3.63, 3.8) is 0 Å². The SMILES string of the molecule is CCOC(=O)c1cn(N2CC2CCl)c2cc(N3CCN(C)CC3)c(F)cc2c1=O. The van der Waals surface area contributed by atoms with Crippen molar-refractivity contribution in [1.82, 2.24) is 9.58 Å². The molecule has 0 aliphatic carbocycles. The molecule has 1 unspecified atom stereocenters. The van der Waals surface area contributed by atoms with Crippen LogP contribution in [0.2, 0.25) is 0 Å². The molecule has 2 aliphatic heterocycles. The van der Waals surface area contributed by atoms with E-state index in [0.717, 1.165) is 13.1 Å². The summed E-state index contributed by atoms with van der Waals surface area (Å²) >= 11 is 5.99. The number of benzene rings is 1. The van der Waals surface area contributed by atoms with Crippen molar-refractivity contribution in [3.8, 4) is 0 Å². The number of carbonyl (C=O) groups excluding carboxylic acids is 1. The van der Waals surface area contributed by atoms with Crippen molar-refractivity contribution in [3.05, 3.63) is 39.9 Å². The van der Waals surface area contributed by atoms with Crippen LogP contribution >= 0.6 is 11.6 Å². The fourth-order valence-corrected chi connectivity index (χ4v) is 3.99. The molecule has 0 spiro atoms. The highest BCUT2D eigenvalue weighted by Crippen LogP contribution is 2.28. The molecule has 1 aromatic heterocycles. The van der Waals surface area contributed by atoms with Gasteiger partial charge in [0.1, 0.15) is 11.4 Å². The van der Waals surface area contributed by atoms with Crippen LogP contribution in [0.15, 0.2) is 23.1 Å². The van der Waals surface area contributed by atoms with E-state index in [0.29, 0.717) is 36.7 Å². The van der Waals surface area contributed by atoms with Gasteiger partial charge in [-0.3, -0.25) is 9.47 Å². The first-order chi connectivity index (χ1) is 13.9. The molecule has 1 atom stereocenters. The smallest absolute Gasteiger partial charge is 0.343 e. The normalized spacial score (nSPS) is 19.7. The standard InChI is InChI=1S/C20H24ClFN4O3/c1-3-29-20(28)15-12-26(25-11-13(25)10-21)17-9-18(16(22)8-14(17)19(15)27)24-6-4-23(2)5-7-24/h8-9,12-13H,3-7,10-11H2,1-2H3. The van der Waals surface area contributed by atoms with Crippen molar-refractivity contribution in [2.75, 3.05) is 62.2 Å². The topological polar surface area (TPSA) is 57.8 Å². The molecule has 4 rings (SSSR count). The highest BCUT2D eigenvalue weighted by Gasteiger charge is 2.35. The number of alkyl halides is 1. The van der Waals surface area contributed by atoms with Crippen LogP contribution in [0.1, 0.15) is 17.3 Å². The first-order valence-corrected chi connectivity index (χ1v) is 10.3. The lowest BCUT2D eigenvalue weighted by molar-refractivity contribution is 0.0524. The van der Waals surface area contributed by atoms with Gasteiger partial charge in [0, 0.05) is 38.3 Å². The Morgan fingerprint density at radius 2 is 2.00 bits per heavy atom. The van der Waals surface area contributed by atoms with E-state index >= 15 is 0 Å². The quantitative estimate of drug-likeness (QED) is 0.415. The van der Waals surface area contributed by atoms with Gasteiger partial charge in [-0.25, -0.2) is 9.18 Å². The maximum Gasteiger partial charge on any atom is 0.343 e. The van der Waals surface area contributed by atoms with Gasteiger partial charge in [-0.05, 0) is 26.1 Å². The Labute approximate surface area is 173 Å². The maximum atomic E-state index is 15.0. The highest BCUT2D eigenvalue weighted by atomic mass is 35.5. The minimum Gasteiger partial charge on any atom is -0.462 e. The Morgan fingerprint density at radius 3 is 2.62 bits per heavy atom. The number of hydrogen-bond donors (Lipinski definition) is 0. The molecule has 0 amide bonds. The largest absolute Gasteiger partial charge is 0.462 e. The summed E-state index contributed by atoms with van der Waals surface area (Å²) in [5, 5.41) is 2.11. The molecule has 7 nitrogen and oxygen atoms in total. The van der Waals surface area contributed by atoms with Gasteiger partial charge in [0.25, 0.3) is 0 Å². The van der Waals surface area contributed by atoms with Crippen LogP contribution in [0.4, 0.5) is 10.1 Å². The Balaban J connectivity index is 1.86. The molecule has 9 heteroatoms. The van der Waals surface area contributed by atoms with Gasteiger partial charge in [0.05, 0.1) is 35.8 Å². The second-order valence-electron chi connectivity index (χ2n) is 7.48. The number of esters is 1. The Bertz CT molecular complexity index is 1000. The number of ether oxygens (including phenoxy) is 1. The van der Waals surface area contributed by atoms with E-state index < -0.39 is 17.2 Å². The fourth-order valence-electron chi connectivity index (χ4n) is 3.74.